The standard InChI is InChI=1S/C38H44Cl3N3O7/c1-24-18-32(40)36(33(41)19-24)50-17-16-49-29-9-5-26(6-10-29)30-12-14-43-34(22-48-23-47-3)35(30)37(45)44(28-7-8-28)21-27-20-25(4-11-31(27)39)13-15-51-38(46)42-2/h4-6,9-11,18-20,28,34,43H,7-8,12-17,21-23H2,1-3H3,(H,42,46). The van der Waals surface area contributed by atoms with Crippen molar-refractivity contribution >= 4 is 52.4 Å². The summed E-state index contributed by atoms with van der Waals surface area (Å²) >= 11 is 19.3. The second-order valence-electron chi connectivity index (χ2n) is 12.4. The molecule has 2 N–H and O–H groups in total. The molecule has 5 rings (SSSR count). The van der Waals surface area contributed by atoms with Gasteiger partial charge in [-0.15, -0.1) is 0 Å². The van der Waals surface area contributed by atoms with Gasteiger partial charge in [0.15, 0.2) is 5.75 Å². The number of hydrogen-bond acceptors (Lipinski definition) is 8. The van der Waals surface area contributed by atoms with Gasteiger partial charge < -0.3 is 39.2 Å². The van der Waals surface area contributed by atoms with Crippen molar-refractivity contribution in [3.05, 3.63) is 97.5 Å². The van der Waals surface area contributed by atoms with Gasteiger partial charge in [-0.2, -0.15) is 0 Å². The Morgan fingerprint density at radius 2 is 1.67 bits per heavy atom. The number of amides is 2. The summed E-state index contributed by atoms with van der Waals surface area (Å²) in [6, 6.07) is 16.8. The Labute approximate surface area is 314 Å². The van der Waals surface area contributed by atoms with Crippen molar-refractivity contribution in [3.63, 3.8) is 0 Å². The van der Waals surface area contributed by atoms with Gasteiger partial charge >= 0.3 is 6.09 Å². The molecule has 1 unspecified atom stereocenters. The van der Waals surface area contributed by atoms with Gasteiger partial charge in [0.05, 0.1) is 29.3 Å². The predicted molar refractivity (Wildman–Crippen MR) is 199 cm³/mol. The van der Waals surface area contributed by atoms with Crippen molar-refractivity contribution in [1.82, 2.24) is 15.5 Å². The maximum atomic E-state index is 14.7. The highest BCUT2D eigenvalue weighted by Crippen LogP contribution is 2.37. The Morgan fingerprint density at radius 1 is 0.941 bits per heavy atom. The van der Waals surface area contributed by atoms with E-state index in [1.54, 1.807) is 19.2 Å². The molecular formula is C38H44Cl3N3O7. The number of rotatable bonds is 17. The number of nitrogens with zero attached hydrogens (tertiary/aromatic N) is 1. The van der Waals surface area contributed by atoms with Gasteiger partial charge in [-0.05, 0) is 90.9 Å². The van der Waals surface area contributed by atoms with Crippen LogP contribution in [0.5, 0.6) is 11.5 Å². The summed E-state index contributed by atoms with van der Waals surface area (Å²) in [5.41, 5.74) is 5.32. The molecule has 1 aliphatic heterocycles. The van der Waals surface area contributed by atoms with E-state index < -0.39 is 6.09 Å². The minimum absolute atomic E-state index is 0.0546. The number of hydrogen-bond donors (Lipinski definition) is 2. The minimum Gasteiger partial charge on any atom is -0.490 e. The molecule has 274 valence electrons. The van der Waals surface area contributed by atoms with Crippen LogP contribution < -0.4 is 20.1 Å². The fourth-order valence-corrected chi connectivity index (χ4v) is 6.88. The van der Waals surface area contributed by atoms with Gasteiger partial charge in [-0.25, -0.2) is 4.79 Å². The summed E-state index contributed by atoms with van der Waals surface area (Å²) in [4.78, 5) is 28.1. The van der Waals surface area contributed by atoms with Gasteiger partial charge in [-0.3, -0.25) is 4.79 Å². The zero-order chi connectivity index (χ0) is 36.3. The zero-order valence-electron chi connectivity index (χ0n) is 29.1. The minimum atomic E-state index is -0.481. The van der Waals surface area contributed by atoms with Crippen LogP contribution >= 0.6 is 34.8 Å². The van der Waals surface area contributed by atoms with Crippen LogP contribution in [0.1, 0.15) is 41.5 Å². The fourth-order valence-electron chi connectivity index (χ4n) is 6.00. The lowest BCUT2D eigenvalue weighted by Gasteiger charge is -2.33. The van der Waals surface area contributed by atoms with Crippen molar-refractivity contribution in [2.75, 3.05) is 53.9 Å². The molecule has 1 aliphatic carbocycles. The topological polar surface area (TPSA) is 108 Å². The molecule has 3 aromatic carbocycles. The first kappa shape index (κ1) is 38.7. The summed E-state index contributed by atoms with van der Waals surface area (Å²) in [6.07, 6.45) is 2.54. The van der Waals surface area contributed by atoms with Crippen LogP contribution in [0.4, 0.5) is 4.79 Å². The number of alkyl carbamates (subject to hydrolysis) is 1. The predicted octanol–water partition coefficient (Wildman–Crippen LogP) is 7.24. The Bertz CT molecular complexity index is 1680. The van der Waals surface area contributed by atoms with Crippen molar-refractivity contribution in [2.45, 2.75) is 51.2 Å². The van der Waals surface area contributed by atoms with E-state index >= 15 is 0 Å². The van der Waals surface area contributed by atoms with Crippen LogP contribution in [0.15, 0.2) is 60.2 Å². The van der Waals surface area contributed by atoms with Crippen LogP contribution in [0.3, 0.4) is 0 Å². The third kappa shape index (κ3) is 10.8. The number of halogens is 3. The second-order valence-corrected chi connectivity index (χ2v) is 13.7. The molecule has 1 fully saturated rings. The molecule has 0 spiro atoms. The van der Waals surface area contributed by atoms with Gasteiger partial charge in [-0.1, -0.05) is 59.1 Å². The van der Waals surface area contributed by atoms with E-state index in [-0.39, 0.29) is 51.2 Å². The van der Waals surface area contributed by atoms with Crippen LogP contribution in [0, 0.1) is 6.92 Å². The fraction of sp³-hybridized carbons (Fsp3) is 0.421. The molecule has 10 nitrogen and oxygen atoms in total. The van der Waals surface area contributed by atoms with E-state index in [2.05, 4.69) is 10.6 Å². The monoisotopic (exact) mass is 759 g/mol. The Balaban J connectivity index is 1.33. The maximum Gasteiger partial charge on any atom is 0.406 e. The first-order valence-electron chi connectivity index (χ1n) is 17.0. The first-order chi connectivity index (χ1) is 24.7. The van der Waals surface area contributed by atoms with E-state index in [0.29, 0.717) is 58.1 Å². The third-order valence-corrected chi connectivity index (χ3v) is 9.56. The molecule has 13 heteroatoms. The third-order valence-electron chi connectivity index (χ3n) is 8.63. The molecule has 2 amide bonds. The van der Waals surface area contributed by atoms with E-state index in [9.17, 15) is 9.59 Å². The number of nitrogens with one attached hydrogen (secondary N) is 2. The van der Waals surface area contributed by atoms with Crippen molar-refractivity contribution in [1.29, 1.82) is 0 Å². The normalized spacial score (nSPS) is 15.8. The van der Waals surface area contributed by atoms with E-state index in [0.717, 1.165) is 40.7 Å². The molecule has 51 heavy (non-hydrogen) atoms. The van der Waals surface area contributed by atoms with E-state index in [4.69, 9.17) is 58.5 Å². The van der Waals surface area contributed by atoms with Crippen molar-refractivity contribution in [3.8, 4) is 11.5 Å². The summed E-state index contributed by atoms with van der Waals surface area (Å²) in [5.74, 6) is 1.05. The van der Waals surface area contributed by atoms with Gasteiger partial charge in [0.1, 0.15) is 25.8 Å². The van der Waals surface area contributed by atoms with E-state index in [1.807, 2.05) is 54.3 Å². The number of benzene rings is 3. The first-order valence-corrected chi connectivity index (χ1v) is 18.1. The number of ether oxygens (including phenoxy) is 5. The summed E-state index contributed by atoms with van der Waals surface area (Å²) in [6.45, 7) is 4.11. The Kier molecular flexibility index (Phi) is 14.3. The molecule has 1 heterocycles. The number of methoxy groups -OCH3 is 1. The number of carbonyl (C=O) groups is 2. The second kappa shape index (κ2) is 18.8. The molecule has 0 bridgehead atoms. The molecule has 3 aromatic rings. The Morgan fingerprint density at radius 3 is 2.35 bits per heavy atom. The van der Waals surface area contributed by atoms with Gasteiger partial charge in [0.25, 0.3) is 5.91 Å². The highest BCUT2D eigenvalue weighted by molar-refractivity contribution is 6.37. The average Bonchev–Trinajstić information content (AvgIpc) is 3.96. The van der Waals surface area contributed by atoms with Crippen LogP contribution in [-0.2, 0) is 32.0 Å². The molecule has 1 saturated carbocycles. The summed E-state index contributed by atoms with van der Waals surface area (Å²) in [7, 11) is 3.09. The smallest absolute Gasteiger partial charge is 0.406 e. The zero-order valence-corrected chi connectivity index (χ0v) is 31.3. The van der Waals surface area contributed by atoms with Gasteiger partial charge in [0, 0.05) is 43.8 Å². The van der Waals surface area contributed by atoms with Crippen LogP contribution in [0.2, 0.25) is 15.1 Å². The van der Waals surface area contributed by atoms with Crippen molar-refractivity contribution in [2.24, 2.45) is 0 Å². The lowest BCUT2D eigenvalue weighted by molar-refractivity contribution is -0.129. The molecule has 0 radical (unpaired) electrons. The quantitative estimate of drug-likeness (QED) is 0.110. The lowest BCUT2D eigenvalue weighted by Crippen LogP contribution is -2.47. The highest BCUT2D eigenvalue weighted by atomic mass is 35.5. The Hall–Kier alpha value is -3.51. The molecule has 1 atom stereocenters. The largest absolute Gasteiger partial charge is 0.490 e. The van der Waals surface area contributed by atoms with Gasteiger partial charge in [0.2, 0.25) is 0 Å². The molecule has 2 aliphatic rings. The molecule has 0 saturated heterocycles. The van der Waals surface area contributed by atoms with Crippen LogP contribution in [-0.4, -0.2) is 82.9 Å². The average molecular weight is 761 g/mol. The lowest BCUT2D eigenvalue weighted by atomic mass is 9.88. The van der Waals surface area contributed by atoms with Crippen LogP contribution in [0.25, 0.3) is 5.57 Å². The highest BCUT2D eigenvalue weighted by Gasteiger charge is 2.38. The number of carbonyl (C=O) groups excluding carboxylic acids is 2. The molecular weight excluding hydrogens is 717 g/mol. The SMILES string of the molecule is CNC(=O)OCCc1ccc(Cl)c(CN(C(=O)C2=C(c3ccc(OCCOc4c(Cl)cc(C)cc4Cl)cc3)CCNC2COCOC)C2CC2)c1. The number of aryl methyl sites for hydroxylation is 1. The molecule has 0 aromatic heterocycles. The summed E-state index contributed by atoms with van der Waals surface area (Å²) in [5, 5.41) is 7.43. The maximum absolute atomic E-state index is 14.7. The van der Waals surface area contributed by atoms with E-state index in [1.165, 1.54) is 7.05 Å². The van der Waals surface area contributed by atoms with Crippen molar-refractivity contribution < 1.29 is 33.3 Å². The summed E-state index contributed by atoms with van der Waals surface area (Å²) < 4.78 is 27.8.